The maximum Gasteiger partial charge on any atom is 0.306 e. The normalized spacial score (nSPS) is 12.4. The van der Waals surface area contributed by atoms with Gasteiger partial charge in [-0.1, -0.05) is 217 Å². The molecule has 6 nitrogen and oxygen atoms in total. The van der Waals surface area contributed by atoms with Crippen molar-refractivity contribution in [3.8, 4) is 0 Å². The van der Waals surface area contributed by atoms with Gasteiger partial charge in [0.05, 0.1) is 0 Å². The zero-order valence-electron chi connectivity index (χ0n) is 42.6. The molecule has 0 heterocycles. The minimum absolute atomic E-state index is 0.0790. The van der Waals surface area contributed by atoms with E-state index in [-0.39, 0.29) is 31.1 Å². The van der Waals surface area contributed by atoms with Gasteiger partial charge in [-0.3, -0.25) is 14.4 Å². The summed E-state index contributed by atoms with van der Waals surface area (Å²) in [6, 6.07) is 0. The molecule has 0 radical (unpaired) electrons. The maximum atomic E-state index is 12.8. The lowest BCUT2D eigenvalue weighted by molar-refractivity contribution is -0.167. The summed E-state index contributed by atoms with van der Waals surface area (Å²) in [6.45, 7) is 6.55. The van der Waals surface area contributed by atoms with Gasteiger partial charge in [0.1, 0.15) is 13.2 Å². The van der Waals surface area contributed by atoms with Crippen LogP contribution in [0.4, 0.5) is 0 Å². The number of hydrogen-bond donors (Lipinski definition) is 0. The smallest absolute Gasteiger partial charge is 0.306 e. The number of allylic oxidation sites excluding steroid dienone is 8. The zero-order chi connectivity index (χ0) is 46.5. The van der Waals surface area contributed by atoms with Crippen LogP contribution in [0.25, 0.3) is 0 Å². The number of unbranched alkanes of at least 4 members (excludes halogenated alkanes) is 31. The highest BCUT2D eigenvalue weighted by Gasteiger charge is 2.19. The van der Waals surface area contributed by atoms with E-state index in [1.807, 2.05) is 0 Å². The molecular formula is C58H104O6. The molecule has 6 heteroatoms. The van der Waals surface area contributed by atoms with Crippen LogP contribution >= 0.6 is 0 Å². The van der Waals surface area contributed by atoms with E-state index in [0.29, 0.717) is 19.3 Å². The third kappa shape index (κ3) is 50.4. The fraction of sp³-hybridized carbons (Fsp3) is 0.810. The highest BCUT2D eigenvalue weighted by molar-refractivity contribution is 5.71. The molecule has 0 spiro atoms. The van der Waals surface area contributed by atoms with Gasteiger partial charge in [-0.15, -0.1) is 0 Å². The molecule has 1 atom stereocenters. The molecule has 0 amide bonds. The third-order valence-electron chi connectivity index (χ3n) is 12.0. The predicted molar refractivity (Wildman–Crippen MR) is 275 cm³/mol. The predicted octanol–water partition coefficient (Wildman–Crippen LogP) is 18.3. The summed E-state index contributed by atoms with van der Waals surface area (Å²) in [5, 5.41) is 0. The van der Waals surface area contributed by atoms with Crippen LogP contribution in [-0.2, 0) is 28.6 Å². The second-order valence-corrected chi connectivity index (χ2v) is 18.5. The molecular weight excluding hydrogens is 793 g/mol. The molecule has 0 fully saturated rings. The highest BCUT2D eigenvalue weighted by Crippen LogP contribution is 2.15. The van der Waals surface area contributed by atoms with Gasteiger partial charge in [0.2, 0.25) is 0 Å². The average Bonchev–Trinajstić information content (AvgIpc) is 3.29. The van der Waals surface area contributed by atoms with Gasteiger partial charge >= 0.3 is 17.9 Å². The molecule has 0 rings (SSSR count). The SMILES string of the molecule is CCC/C=C\CCCCCCCC(=O)OCC(COC(=O)CCCCCCCCCCCCC/C=C\C/C=C\CCCCCCC)OC(=O)CCCCCCC/C=C\CCCCCC. The molecule has 0 saturated carbocycles. The standard InChI is InChI=1S/C58H104O6/c1-4-7-10-13-16-19-22-24-25-26-27-28-29-30-31-32-33-35-36-39-42-45-48-51-57(60)63-54-55(53-62-56(59)50-47-44-41-38-21-18-15-12-9-6-3)64-58(61)52-49-46-43-40-37-34-23-20-17-14-11-8-5-2/h12,15,20,22-24,26-27,55H,4-11,13-14,16-19,21,25,28-54H2,1-3H3/b15-12-,23-20-,24-22-,27-26-. The lowest BCUT2D eigenvalue weighted by atomic mass is 10.0. The summed E-state index contributed by atoms with van der Waals surface area (Å²) in [5.41, 5.74) is 0. The first-order chi connectivity index (χ1) is 31.5. The van der Waals surface area contributed by atoms with Crippen molar-refractivity contribution in [3.63, 3.8) is 0 Å². The van der Waals surface area contributed by atoms with Crippen LogP contribution in [0.2, 0.25) is 0 Å². The van der Waals surface area contributed by atoms with E-state index in [9.17, 15) is 14.4 Å². The summed E-state index contributed by atoms with van der Waals surface area (Å²) in [4.78, 5) is 38.0. The Balaban J connectivity index is 4.24. The first kappa shape index (κ1) is 61.4. The van der Waals surface area contributed by atoms with E-state index in [1.165, 1.54) is 154 Å². The van der Waals surface area contributed by atoms with Gasteiger partial charge in [0.25, 0.3) is 0 Å². The van der Waals surface area contributed by atoms with Gasteiger partial charge in [-0.05, 0) is 96.3 Å². The Labute approximate surface area is 397 Å². The minimum Gasteiger partial charge on any atom is -0.462 e. The molecule has 1 unspecified atom stereocenters. The molecule has 0 aliphatic rings. The molecule has 0 bridgehead atoms. The Morgan fingerprint density at radius 3 is 0.953 bits per heavy atom. The second-order valence-electron chi connectivity index (χ2n) is 18.5. The summed E-state index contributed by atoms with van der Waals surface area (Å²) in [7, 11) is 0. The second kappa shape index (κ2) is 53.0. The Kier molecular flexibility index (Phi) is 50.8. The average molecular weight is 897 g/mol. The molecule has 0 aromatic carbocycles. The van der Waals surface area contributed by atoms with Gasteiger partial charge in [0.15, 0.2) is 6.10 Å². The van der Waals surface area contributed by atoms with Crippen molar-refractivity contribution in [3.05, 3.63) is 48.6 Å². The van der Waals surface area contributed by atoms with Crippen LogP contribution in [0.15, 0.2) is 48.6 Å². The van der Waals surface area contributed by atoms with Gasteiger partial charge < -0.3 is 14.2 Å². The number of esters is 3. The van der Waals surface area contributed by atoms with Gasteiger partial charge in [0, 0.05) is 19.3 Å². The van der Waals surface area contributed by atoms with E-state index in [1.54, 1.807) is 0 Å². The van der Waals surface area contributed by atoms with E-state index >= 15 is 0 Å². The van der Waals surface area contributed by atoms with Crippen molar-refractivity contribution < 1.29 is 28.6 Å². The molecule has 0 N–H and O–H groups in total. The van der Waals surface area contributed by atoms with Crippen molar-refractivity contribution in [1.82, 2.24) is 0 Å². The Bertz CT molecular complexity index is 1120. The molecule has 64 heavy (non-hydrogen) atoms. The van der Waals surface area contributed by atoms with Crippen molar-refractivity contribution >= 4 is 17.9 Å². The first-order valence-electron chi connectivity index (χ1n) is 27.6. The van der Waals surface area contributed by atoms with E-state index in [2.05, 4.69) is 69.4 Å². The number of carbonyl (C=O) groups excluding carboxylic acids is 3. The van der Waals surface area contributed by atoms with E-state index in [0.717, 1.165) is 89.9 Å². The first-order valence-corrected chi connectivity index (χ1v) is 27.6. The minimum atomic E-state index is -0.779. The fourth-order valence-corrected chi connectivity index (χ4v) is 7.82. The van der Waals surface area contributed by atoms with Crippen molar-refractivity contribution in [2.24, 2.45) is 0 Å². The van der Waals surface area contributed by atoms with Crippen molar-refractivity contribution in [2.45, 2.75) is 290 Å². The Morgan fingerprint density at radius 1 is 0.312 bits per heavy atom. The monoisotopic (exact) mass is 897 g/mol. The molecule has 0 aromatic heterocycles. The molecule has 0 aromatic rings. The van der Waals surface area contributed by atoms with Gasteiger partial charge in [-0.25, -0.2) is 0 Å². The number of rotatable bonds is 50. The van der Waals surface area contributed by atoms with Crippen molar-refractivity contribution in [1.29, 1.82) is 0 Å². The Morgan fingerprint density at radius 2 is 0.594 bits per heavy atom. The maximum absolute atomic E-state index is 12.8. The Hall–Kier alpha value is -2.63. The fourth-order valence-electron chi connectivity index (χ4n) is 7.82. The molecule has 0 saturated heterocycles. The van der Waals surface area contributed by atoms with Crippen LogP contribution < -0.4 is 0 Å². The number of carbonyl (C=O) groups is 3. The largest absolute Gasteiger partial charge is 0.462 e. The topological polar surface area (TPSA) is 78.9 Å². The quantitative estimate of drug-likeness (QED) is 0.0262. The molecule has 372 valence electrons. The molecule has 0 aliphatic heterocycles. The molecule has 0 aliphatic carbocycles. The van der Waals surface area contributed by atoms with Crippen LogP contribution in [0.3, 0.4) is 0 Å². The van der Waals surface area contributed by atoms with Crippen LogP contribution in [-0.4, -0.2) is 37.2 Å². The van der Waals surface area contributed by atoms with Crippen LogP contribution in [0, 0.1) is 0 Å². The van der Waals surface area contributed by atoms with Crippen LogP contribution in [0.1, 0.15) is 284 Å². The highest BCUT2D eigenvalue weighted by atomic mass is 16.6. The number of hydrogen-bond acceptors (Lipinski definition) is 6. The van der Waals surface area contributed by atoms with Crippen molar-refractivity contribution in [2.75, 3.05) is 13.2 Å². The van der Waals surface area contributed by atoms with E-state index < -0.39 is 6.10 Å². The van der Waals surface area contributed by atoms with Gasteiger partial charge in [-0.2, -0.15) is 0 Å². The van der Waals surface area contributed by atoms with Crippen LogP contribution in [0.5, 0.6) is 0 Å². The summed E-state index contributed by atoms with van der Waals surface area (Å²) in [6.07, 6.45) is 63.9. The zero-order valence-corrected chi connectivity index (χ0v) is 42.6. The number of ether oxygens (including phenoxy) is 3. The lowest BCUT2D eigenvalue weighted by Crippen LogP contribution is -2.30. The lowest BCUT2D eigenvalue weighted by Gasteiger charge is -2.18. The third-order valence-corrected chi connectivity index (χ3v) is 12.0. The summed E-state index contributed by atoms with van der Waals surface area (Å²) < 4.78 is 16.8. The van der Waals surface area contributed by atoms with E-state index in [4.69, 9.17) is 14.2 Å². The summed E-state index contributed by atoms with van der Waals surface area (Å²) >= 11 is 0. The summed E-state index contributed by atoms with van der Waals surface area (Å²) in [5.74, 6) is -0.893.